The van der Waals surface area contributed by atoms with Crippen molar-refractivity contribution in [3.8, 4) is 11.5 Å². The van der Waals surface area contributed by atoms with E-state index in [-0.39, 0.29) is 24.2 Å². The van der Waals surface area contributed by atoms with Crippen LogP contribution in [0.2, 0.25) is 0 Å². The molecule has 1 saturated heterocycles. The van der Waals surface area contributed by atoms with Gasteiger partial charge in [0.1, 0.15) is 11.5 Å². The Hall–Kier alpha value is -3.09. The zero-order chi connectivity index (χ0) is 18.5. The maximum absolute atomic E-state index is 12.6. The van der Waals surface area contributed by atoms with Crippen molar-refractivity contribution in [3.63, 3.8) is 0 Å². The maximum Gasteiger partial charge on any atom is 0.269 e. The predicted octanol–water partition coefficient (Wildman–Crippen LogP) is 3.35. The van der Waals surface area contributed by atoms with Gasteiger partial charge in [0.25, 0.3) is 11.6 Å². The van der Waals surface area contributed by atoms with Crippen LogP contribution in [0.1, 0.15) is 24.4 Å². The van der Waals surface area contributed by atoms with Crippen molar-refractivity contribution < 1.29 is 19.2 Å². The minimum Gasteiger partial charge on any atom is -0.497 e. The molecule has 1 fully saturated rings. The van der Waals surface area contributed by atoms with Crippen LogP contribution in [0.4, 0.5) is 5.69 Å². The van der Waals surface area contributed by atoms with Crippen molar-refractivity contribution >= 4 is 11.6 Å². The van der Waals surface area contributed by atoms with Gasteiger partial charge in [-0.2, -0.15) is 0 Å². The highest BCUT2D eigenvalue weighted by atomic mass is 16.6. The normalized spacial score (nSPS) is 16.3. The van der Waals surface area contributed by atoms with Crippen LogP contribution in [0.25, 0.3) is 0 Å². The van der Waals surface area contributed by atoms with E-state index >= 15 is 0 Å². The van der Waals surface area contributed by atoms with E-state index in [1.807, 2.05) is 29.2 Å². The van der Waals surface area contributed by atoms with E-state index in [9.17, 15) is 14.9 Å². The highest BCUT2D eigenvalue weighted by Crippen LogP contribution is 2.32. The third-order valence-corrected chi connectivity index (χ3v) is 4.48. The number of methoxy groups -OCH3 is 1. The van der Waals surface area contributed by atoms with Gasteiger partial charge in [0.05, 0.1) is 18.1 Å². The SMILES string of the molecule is COc1ccc([C@@H]2CCCN2C(=O)COc2ccc([N+](=O)[O-])cc2)cc1. The Balaban J connectivity index is 1.61. The lowest BCUT2D eigenvalue weighted by Crippen LogP contribution is -2.34. The second-order valence-corrected chi connectivity index (χ2v) is 6.06. The summed E-state index contributed by atoms with van der Waals surface area (Å²) in [5, 5.41) is 10.7. The number of nitro benzene ring substituents is 1. The number of non-ortho nitro benzene ring substituents is 1. The lowest BCUT2D eigenvalue weighted by Gasteiger charge is -2.25. The molecule has 0 aromatic heterocycles. The van der Waals surface area contributed by atoms with E-state index in [2.05, 4.69) is 0 Å². The van der Waals surface area contributed by atoms with Crippen molar-refractivity contribution in [2.24, 2.45) is 0 Å². The maximum atomic E-state index is 12.6. The van der Waals surface area contributed by atoms with Crippen LogP contribution < -0.4 is 9.47 Å². The fourth-order valence-electron chi connectivity index (χ4n) is 3.13. The molecule has 3 rings (SSSR count). The number of rotatable bonds is 6. The summed E-state index contributed by atoms with van der Waals surface area (Å²) in [5.74, 6) is 1.12. The van der Waals surface area contributed by atoms with Crippen LogP contribution in [0.5, 0.6) is 11.5 Å². The number of hydrogen-bond donors (Lipinski definition) is 0. The zero-order valence-corrected chi connectivity index (χ0v) is 14.5. The van der Waals surface area contributed by atoms with Crippen LogP contribution in [-0.2, 0) is 4.79 Å². The van der Waals surface area contributed by atoms with E-state index < -0.39 is 4.92 Å². The molecule has 0 unspecified atom stereocenters. The summed E-state index contributed by atoms with van der Waals surface area (Å²) in [6.07, 6.45) is 1.86. The molecule has 0 radical (unpaired) electrons. The van der Waals surface area contributed by atoms with Crippen LogP contribution in [0, 0.1) is 10.1 Å². The summed E-state index contributed by atoms with van der Waals surface area (Å²) >= 11 is 0. The van der Waals surface area contributed by atoms with Crippen molar-refractivity contribution in [1.29, 1.82) is 0 Å². The van der Waals surface area contributed by atoms with E-state index in [0.29, 0.717) is 12.3 Å². The molecule has 26 heavy (non-hydrogen) atoms. The van der Waals surface area contributed by atoms with Crippen LogP contribution in [-0.4, -0.2) is 36.0 Å². The highest BCUT2D eigenvalue weighted by Gasteiger charge is 2.30. The first-order chi connectivity index (χ1) is 12.6. The Kier molecular flexibility index (Phi) is 5.36. The van der Waals surface area contributed by atoms with Gasteiger partial charge in [-0.25, -0.2) is 0 Å². The number of ether oxygens (including phenoxy) is 2. The Bertz CT molecular complexity index is 774. The molecular formula is C19H20N2O5. The van der Waals surface area contributed by atoms with Crippen LogP contribution in [0.15, 0.2) is 48.5 Å². The molecule has 1 aliphatic rings. The van der Waals surface area contributed by atoms with Crippen molar-refractivity contribution in [3.05, 3.63) is 64.2 Å². The van der Waals surface area contributed by atoms with E-state index in [1.165, 1.54) is 24.3 Å². The number of hydrogen-bond acceptors (Lipinski definition) is 5. The Labute approximate surface area is 151 Å². The number of benzene rings is 2. The minimum atomic E-state index is -0.474. The zero-order valence-electron chi connectivity index (χ0n) is 14.5. The summed E-state index contributed by atoms with van der Waals surface area (Å²) in [6.45, 7) is 0.601. The summed E-state index contributed by atoms with van der Waals surface area (Å²) in [7, 11) is 1.62. The lowest BCUT2D eigenvalue weighted by molar-refractivity contribution is -0.384. The fraction of sp³-hybridized carbons (Fsp3) is 0.316. The lowest BCUT2D eigenvalue weighted by atomic mass is 10.0. The molecule has 136 valence electrons. The average Bonchev–Trinajstić information content (AvgIpc) is 3.16. The second kappa shape index (κ2) is 7.86. The van der Waals surface area contributed by atoms with Crippen molar-refractivity contribution in [2.75, 3.05) is 20.3 Å². The van der Waals surface area contributed by atoms with Gasteiger partial charge >= 0.3 is 0 Å². The van der Waals surface area contributed by atoms with E-state index in [0.717, 1.165) is 24.2 Å². The van der Waals surface area contributed by atoms with Gasteiger partial charge in [-0.1, -0.05) is 12.1 Å². The molecule has 0 aliphatic carbocycles. The number of nitrogens with zero attached hydrogens (tertiary/aromatic N) is 2. The van der Waals surface area contributed by atoms with Crippen LogP contribution in [0.3, 0.4) is 0 Å². The third kappa shape index (κ3) is 3.93. The molecule has 1 atom stereocenters. The summed E-state index contributed by atoms with van der Waals surface area (Å²) in [6, 6.07) is 13.5. The molecule has 1 heterocycles. The van der Waals surface area contributed by atoms with Gasteiger partial charge in [0.2, 0.25) is 0 Å². The summed E-state index contributed by atoms with van der Waals surface area (Å²) < 4.78 is 10.7. The molecule has 7 heteroatoms. The van der Waals surface area contributed by atoms with Crippen LogP contribution >= 0.6 is 0 Å². The Morgan fingerprint density at radius 3 is 2.42 bits per heavy atom. The molecule has 1 aliphatic heterocycles. The van der Waals surface area contributed by atoms with E-state index in [4.69, 9.17) is 9.47 Å². The molecule has 0 spiro atoms. The quantitative estimate of drug-likeness (QED) is 0.586. The summed E-state index contributed by atoms with van der Waals surface area (Å²) in [5.41, 5.74) is 1.06. The molecule has 2 aromatic rings. The number of carbonyl (C=O) groups excluding carboxylic acids is 1. The smallest absolute Gasteiger partial charge is 0.269 e. The van der Waals surface area contributed by atoms with Gasteiger partial charge in [-0.3, -0.25) is 14.9 Å². The van der Waals surface area contributed by atoms with Gasteiger partial charge < -0.3 is 14.4 Å². The minimum absolute atomic E-state index is 0.0113. The molecule has 7 nitrogen and oxygen atoms in total. The fourth-order valence-corrected chi connectivity index (χ4v) is 3.13. The van der Waals surface area contributed by atoms with E-state index in [1.54, 1.807) is 7.11 Å². The first-order valence-electron chi connectivity index (χ1n) is 8.39. The Morgan fingerprint density at radius 2 is 1.81 bits per heavy atom. The number of likely N-dealkylation sites (tertiary alicyclic amines) is 1. The highest BCUT2D eigenvalue weighted by molar-refractivity contribution is 5.78. The molecule has 1 amide bonds. The number of carbonyl (C=O) groups is 1. The van der Waals surface area contributed by atoms with Gasteiger partial charge in [-0.15, -0.1) is 0 Å². The first kappa shape index (κ1) is 17.7. The first-order valence-corrected chi connectivity index (χ1v) is 8.39. The number of nitro groups is 1. The predicted molar refractivity (Wildman–Crippen MR) is 95.3 cm³/mol. The van der Waals surface area contributed by atoms with Gasteiger partial charge in [-0.05, 0) is 42.7 Å². The van der Waals surface area contributed by atoms with Crippen molar-refractivity contribution in [2.45, 2.75) is 18.9 Å². The average molecular weight is 356 g/mol. The monoisotopic (exact) mass is 356 g/mol. The van der Waals surface area contributed by atoms with Gasteiger partial charge in [0, 0.05) is 18.7 Å². The number of amides is 1. The second-order valence-electron chi connectivity index (χ2n) is 6.06. The molecular weight excluding hydrogens is 336 g/mol. The molecule has 0 bridgehead atoms. The largest absolute Gasteiger partial charge is 0.497 e. The standard InChI is InChI=1S/C19H20N2O5/c1-25-16-8-4-14(5-9-16)18-3-2-12-20(18)19(22)13-26-17-10-6-15(7-11-17)21(23)24/h4-11,18H,2-3,12-13H2,1H3/t18-/m0/s1. The van der Waals surface area contributed by atoms with Gasteiger partial charge in [0.15, 0.2) is 6.61 Å². The Morgan fingerprint density at radius 1 is 1.15 bits per heavy atom. The third-order valence-electron chi connectivity index (χ3n) is 4.48. The topological polar surface area (TPSA) is 81.9 Å². The molecule has 2 aromatic carbocycles. The van der Waals surface area contributed by atoms with Crippen molar-refractivity contribution in [1.82, 2.24) is 4.90 Å². The summed E-state index contributed by atoms with van der Waals surface area (Å²) in [4.78, 5) is 24.6. The molecule has 0 saturated carbocycles. The molecule has 0 N–H and O–H groups in total.